The monoisotopic (exact) mass is 446 g/mol. The van der Waals surface area contributed by atoms with Crippen LogP contribution in [-0.4, -0.2) is 31.7 Å². The second kappa shape index (κ2) is 11.8. The SMILES string of the molecule is COc1ccc2c(c1)OCC(SC)(c1ccc(F)cc1)C2CCCCCCCCCO. The van der Waals surface area contributed by atoms with Gasteiger partial charge in [-0.2, -0.15) is 0 Å². The summed E-state index contributed by atoms with van der Waals surface area (Å²) in [4.78, 5) is 0. The Morgan fingerprint density at radius 1 is 1.03 bits per heavy atom. The lowest BCUT2D eigenvalue weighted by atomic mass is 9.76. The molecule has 0 aliphatic carbocycles. The molecule has 1 aliphatic rings. The van der Waals surface area contributed by atoms with Crippen molar-refractivity contribution in [3.8, 4) is 11.5 Å². The van der Waals surface area contributed by atoms with Crippen LogP contribution in [0.1, 0.15) is 68.4 Å². The molecule has 31 heavy (non-hydrogen) atoms. The molecule has 170 valence electrons. The minimum Gasteiger partial charge on any atom is -0.497 e. The highest BCUT2D eigenvalue weighted by atomic mass is 32.2. The third kappa shape index (κ3) is 5.75. The summed E-state index contributed by atoms with van der Waals surface area (Å²) in [5, 5.41) is 8.91. The summed E-state index contributed by atoms with van der Waals surface area (Å²) in [5.41, 5.74) is 2.34. The summed E-state index contributed by atoms with van der Waals surface area (Å²) in [6, 6.07) is 13.1. The van der Waals surface area contributed by atoms with Gasteiger partial charge in [-0.05, 0) is 48.4 Å². The zero-order chi connectivity index (χ0) is 22.1. The first-order valence-electron chi connectivity index (χ1n) is 11.4. The highest BCUT2D eigenvalue weighted by Gasteiger charge is 2.45. The third-order valence-electron chi connectivity index (χ3n) is 6.45. The van der Waals surface area contributed by atoms with Gasteiger partial charge in [0.05, 0.1) is 11.9 Å². The van der Waals surface area contributed by atoms with E-state index in [0.29, 0.717) is 13.2 Å². The minimum atomic E-state index is -0.240. The van der Waals surface area contributed by atoms with Crippen molar-refractivity contribution in [3.63, 3.8) is 0 Å². The molecule has 3 rings (SSSR count). The fourth-order valence-electron chi connectivity index (χ4n) is 4.66. The number of aliphatic hydroxyl groups is 1. The van der Waals surface area contributed by atoms with Crippen LogP contribution in [0.5, 0.6) is 11.5 Å². The summed E-state index contributed by atoms with van der Waals surface area (Å²) < 4.78 is 25.1. The van der Waals surface area contributed by atoms with E-state index < -0.39 is 0 Å². The van der Waals surface area contributed by atoms with Crippen molar-refractivity contribution in [3.05, 3.63) is 59.4 Å². The summed E-state index contributed by atoms with van der Waals surface area (Å²) in [6.45, 7) is 0.861. The van der Waals surface area contributed by atoms with Gasteiger partial charge < -0.3 is 14.6 Å². The Kier molecular flexibility index (Phi) is 9.09. The number of hydrogen-bond donors (Lipinski definition) is 1. The number of unbranched alkanes of at least 4 members (excludes halogenated alkanes) is 6. The molecule has 1 aliphatic heterocycles. The standard InChI is InChI=1S/C26H35FO3S/c1-29-22-15-16-23-24(10-8-6-4-3-5-7-9-17-28)26(31-2,19-30-25(23)18-22)20-11-13-21(27)14-12-20/h11-16,18,24,28H,3-10,17,19H2,1-2H3. The first-order valence-corrected chi connectivity index (χ1v) is 12.6. The lowest BCUT2D eigenvalue weighted by Gasteiger charge is -2.44. The Hall–Kier alpha value is -1.72. The van der Waals surface area contributed by atoms with E-state index in [-0.39, 0.29) is 16.5 Å². The van der Waals surface area contributed by atoms with E-state index in [1.165, 1.54) is 31.2 Å². The number of benzene rings is 2. The summed E-state index contributed by atoms with van der Waals surface area (Å²) >= 11 is 1.81. The maximum Gasteiger partial charge on any atom is 0.126 e. The minimum absolute atomic E-state index is 0.209. The van der Waals surface area contributed by atoms with E-state index >= 15 is 0 Å². The first kappa shape index (κ1) is 23.9. The van der Waals surface area contributed by atoms with Gasteiger partial charge in [0.2, 0.25) is 0 Å². The van der Waals surface area contributed by atoms with Crippen LogP contribution in [0.2, 0.25) is 0 Å². The Morgan fingerprint density at radius 2 is 1.71 bits per heavy atom. The highest BCUT2D eigenvalue weighted by Crippen LogP contribution is 2.54. The maximum atomic E-state index is 13.6. The van der Waals surface area contributed by atoms with Crippen LogP contribution < -0.4 is 9.47 Å². The molecule has 0 fully saturated rings. The predicted octanol–water partition coefficient (Wildman–Crippen LogP) is 6.68. The molecular formula is C26H35FO3S. The Morgan fingerprint density at radius 3 is 2.35 bits per heavy atom. The molecule has 0 bridgehead atoms. The van der Waals surface area contributed by atoms with Gasteiger partial charge >= 0.3 is 0 Å². The van der Waals surface area contributed by atoms with E-state index in [0.717, 1.165) is 42.7 Å². The van der Waals surface area contributed by atoms with Crippen molar-refractivity contribution in [2.45, 2.75) is 62.0 Å². The molecule has 1 N–H and O–H groups in total. The zero-order valence-corrected chi connectivity index (χ0v) is 19.6. The highest BCUT2D eigenvalue weighted by molar-refractivity contribution is 7.99. The quantitative estimate of drug-likeness (QED) is 0.369. The van der Waals surface area contributed by atoms with Crippen LogP contribution in [0.3, 0.4) is 0 Å². The number of ether oxygens (including phenoxy) is 2. The zero-order valence-electron chi connectivity index (χ0n) is 18.7. The molecule has 0 saturated heterocycles. The fourth-order valence-corrected chi connectivity index (χ4v) is 5.74. The second-order valence-electron chi connectivity index (χ2n) is 8.33. The van der Waals surface area contributed by atoms with Gasteiger partial charge in [-0.3, -0.25) is 0 Å². The largest absolute Gasteiger partial charge is 0.497 e. The third-order valence-corrected chi connectivity index (χ3v) is 7.82. The second-order valence-corrected chi connectivity index (χ2v) is 9.47. The average molecular weight is 447 g/mol. The smallest absolute Gasteiger partial charge is 0.126 e. The molecule has 5 heteroatoms. The normalized spacial score (nSPS) is 20.2. The van der Waals surface area contributed by atoms with Crippen molar-refractivity contribution in [1.82, 2.24) is 0 Å². The van der Waals surface area contributed by atoms with Gasteiger partial charge in [0.25, 0.3) is 0 Å². The van der Waals surface area contributed by atoms with Gasteiger partial charge in [0.15, 0.2) is 0 Å². The lowest BCUT2D eigenvalue weighted by molar-refractivity contribution is 0.210. The van der Waals surface area contributed by atoms with E-state index in [1.807, 2.05) is 36.0 Å². The van der Waals surface area contributed by atoms with Crippen molar-refractivity contribution < 1.29 is 19.0 Å². The predicted molar refractivity (Wildman–Crippen MR) is 127 cm³/mol. The molecule has 0 aromatic heterocycles. The van der Waals surface area contributed by atoms with Crippen molar-refractivity contribution >= 4 is 11.8 Å². The molecule has 2 unspecified atom stereocenters. The fraction of sp³-hybridized carbons (Fsp3) is 0.538. The molecule has 2 aromatic rings. The summed E-state index contributed by atoms with van der Waals surface area (Å²) in [6.07, 6.45) is 11.2. The van der Waals surface area contributed by atoms with Crippen LogP contribution >= 0.6 is 11.8 Å². The van der Waals surface area contributed by atoms with Gasteiger partial charge in [0.1, 0.15) is 23.9 Å². The van der Waals surface area contributed by atoms with Gasteiger partial charge in [-0.25, -0.2) is 4.39 Å². The van der Waals surface area contributed by atoms with Crippen LogP contribution in [0.15, 0.2) is 42.5 Å². The van der Waals surface area contributed by atoms with Gasteiger partial charge in [0, 0.05) is 18.6 Å². The van der Waals surface area contributed by atoms with Crippen molar-refractivity contribution in [1.29, 1.82) is 0 Å². The van der Waals surface area contributed by atoms with Crippen LogP contribution in [-0.2, 0) is 4.75 Å². The van der Waals surface area contributed by atoms with Crippen LogP contribution in [0.25, 0.3) is 0 Å². The Bertz CT molecular complexity index is 811. The molecule has 1 heterocycles. The van der Waals surface area contributed by atoms with E-state index in [9.17, 15) is 4.39 Å². The molecule has 2 atom stereocenters. The molecule has 2 aromatic carbocycles. The summed E-state index contributed by atoms with van der Waals surface area (Å²) in [7, 11) is 1.67. The Labute approximate surface area is 190 Å². The average Bonchev–Trinajstić information content (AvgIpc) is 2.81. The molecule has 0 spiro atoms. The molecule has 3 nitrogen and oxygen atoms in total. The molecule has 0 amide bonds. The number of aliphatic hydroxyl groups excluding tert-OH is 1. The number of methoxy groups -OCH3 is 1. The Balaban J connectivity index is 1.78. The first-order chi connectivity index (χ1) is 15.1. The molecular weight excluding hydrogens is 411 g/mol. The maximum absolute atomic E-state index is 13.6. The number of fused-ring (bicyclic) bond motifs is 1. The van der Waals surface area contributed by atoms with E-state index in [1.54, 1.807) is 19.2 Å². The van der Waals surface area contributed by atoms with E-state index in [4.69, 9.17) is 14.6 Å². The van der Waals surface area contributed by atoms with Gasteiger partial charge in [-0.1, -0.05) is 56.7 Å². The van der Waals surface area contributed by atoms with Crippen LogP contribution in [0, 0.1) is 5.82 Å². The molecule has 0 saturated carbocycles. The van der Waals surface area contributed by atoms with Crippen LogP contribution in [0.4, 0.5) is 4.39 Å². The molecule has 0 radical (unpaired) electrons. The lowest BCUT2D eigenvalue weighted by Crippen LogP contribution is -2.40. The van der Waals surface area contributed by atoms with Crippen molar-refractivity contribution in [2.24, 2.45) is 0 Å². The number of halogens is 1. The van der Waals surface area contributed by atoms with E-state index in [2.05, 4.69) is 12.3 Å². The van der Waals surface area contributed by atoms with Gasteiger partial charge in [-0.15, -0.1) is 11.8 Å². The topological polar surface area (TPSA) is 38.7 Å². The number of hydrogen-bond acceptors (Lipinski definition) is 4. The number of rotatable bonds is 12. The van der Waals surface area contributed by atoms with Crippen molar-refractivity contribution in [2.75, 3.05) is 26.6 Å². The summed E-state index contributed by atoms with van der Waals surface area (Å²) in [5.74, 6) is 1.79. The number of thioether (sulfide) groups is 1.